The van der Waals surface area contributed by atoms with Gasteiger partial charge in [0.1, 0.15) is 5.15 Å². The molecule has 30 heavy (non-hydrogen) atoms. The van der Waals surface area contributed by atoms with Crippen LogP contribution in [0.1, 0.15) is 15.9 Å². The molecule has 0 spiro atoms. The lowest BCUT2D eigenvalue weighted by atomic mass is 10.1. The van der Waals surface area contributed by atoms with Gasteiger partial charge in [-0.2, -0.15) is 0 Å². The second-order valence-electron chi connectivity index (χ2n) is 6.52. The van der Waals surface area contributed by atoms with Gasteiger partial charge in [-0.3, -0.25) is 14.6 Å². The van der Waals surface area contributed by atoms with Crippen molar-refractivity contribution in [2.24, 2.45) is 0 Å². The maximum atomic E-state index is 13.0. The van der Waals surface area contributed by atoms with Gasteiger partial charge in [0.25, 0.3) is 11.7 Å². The molecule has 0 saturated heterocycles. The van der Waals surface area contributed by atoms with Crippen LogP contribution in [-0.2, 0) is 11.3 Å². The maximum absolute atomic E-state index is 13.0. The summed E-state index contributed by atoms with van der Waals surface area (Å²) in [6.07, 6.45) is 3.05. The highest BCUT2D eigenvalue weighted by atomic mass is 35.5. The fourth-order valence-electron chi connectivity index (χ4n) is 3.20. The number of carbonyl (C=O) groups is 2. The normalized spacial score (nSPS) is 10.9. The van der Waals surface area contributed by atoms with Crippen molar-refractivity contribution in [1.82, 2.24) is 9.55 Å². The quantitative estimate of drug-likeness (QED) is 0.301. The summed E-state index contributed by atoms with van der Waals surface area (Å²) in [5, 5.41) is 4.33. The predicted molar refractivity (Wildman–Crippen MR) is 120 cm³/mol. The van der Waals surface area contributed by atoms with E-state index in [4.69, 9.17) is 34.8 Å². The van der Waals surface area contributed by atoms with Crippen LogP contribution in [0.15, 0.2) is 67.0 Å². The van der Waals surface area contributed by atoms with Crippen LogP contribution in [0.2, 0.25) is 15.2 Å². The number of ketones is 1. The fourth-order valence-corrected chi connectivity index (χ4v) is 4.01. The zero-order valence-electron chi connectivity index (χ0n) is 15.4. The lowest BCUT2D eigenvalue weighted by molar-refractivity contribution is -0.112. The van der Waals surface area contributed by atoms with E-state index in [0.29, 0.717) is 33.2 Å². The van der Waals surface area contributed by atoms with Crippen LogP contribution in [0.25, 0.3) is 10.9 Å². The molecule has 150 valence electrons. The first-order chi connectivity index (χ1) is 14.5. The van der Waals surface area contributed by atoms with E-state index in [1.54, 1.807) is 47.0 Å². The van der Waals surface area contributed by atoms with E-state index in [2.05, 4.69) is 10.3 Å². The second kappa shape index (κ2) is 8.48. The molecule has 1 N–H and O–H groups in total. The Bertz CT molecular complexity index is 1270. The summed E-state index contributed by atoms with van der Waals surface area (Å²) in [7, 11) is 0. The van der Waals surface area contributed by atoms with E-state index >= 15 is 0 Å². The van der Waals surface area contributed by atoms with E-state index in [0.717, 1.165) is 5.56 Å². The van der Waals surface area contributed by atoms with Gasteiger partial charge in [0.2, 0.25) is 0 Å². The number of halogens is 3. The van der Waals surface area contributed by atoms with Crippen LogP contribution in [0.3, 0.4) is 0 Å². The molecule has 4 rings (SSSR count). The number of Topliss-reactive ketones (excluding diaryl/α,β-unsaturated/α-hetero) is 1. The molecule has 4 aromatic rings. The Morgan fingerprint density at radius 2 is 1.70 bits per heavy atom. The summed E-state index contributed by atoms with van der Waals surface area (Å²) < 4.78 is 1.75. The van der Waals surface area contributed by atoms with Crippen molar-refractivity contribution < 1.29 is 9.59 Å². The zero-order chi connectivity index (χ0) is 21.3. The summed E-state index contributed by atoms with van der Waals surface area (Å²) in [6, 6.07) is 15.6. The number of hydrogen-bond acceptors (Lipinski definition) is 3. The predicted octanol–water partition coefficient (Wildman–Crippen LogP) is 5.87. The summed E-state index contributed by atoms with van der Waals surface area (Å²) in [6.45, 7) is 0.314. The Balaban J connectivity index is 1.75. The monoisotopic (exact) mass is 457 g/mol. The molecule has 2 aromatic carbocycles. The molecule has 8 heteroatoms. The minimum absolute atomic E-state index is 0.143. The van der Waals surface area contributed by atoms with Gasteiger partial charge in [0, 0.05) is 33.5 Å². The largest absolute Gasteiger partial charge is 0.326 e. The zero-order valence-corrected chi connectivity index (χ0v) is 17.7. The van der Waals surface area contributed by atoms with Crippen molar-refractivity contribution >= 4 is 63.1 Å². The van der Waals surface area contributed by atoms with E-state index < -0.39 is 11.7 Å². The highest BCUT2D eigenvalue weighted by Gasteiger charge is 2.26. The number of nitrogens with one attached hydrogen (secondary N) is 1. The number of pyridine rings is 1. The lowest BCUT2D eigenvalue weighted by Gasteiger charge is -2.10. The van der Waals surface area contributed by atoms with E-state index in [1.807, 2.05) is 12.1 Å². The smallest absolute Gasteiger partial charge is 0.296 e. The Morgan fingerprint density at radius 3 is 2.43 bits per heavy atom. The van der Waals surface area contributed by atoms with E-state index in [-0.39, 0.29) is 10.7 Å². The van der Waals surface area contributed by atoms with Crippen LogP contribution < -0.4 is 5.32 Å². The molecule has 0 saturated carbocycles. The van der Waals surface area contributed by atoms with Crippen LogP contribution in [0, 0.1) is 0 Å². The average molecular weight is 459 g/mol. The third-order valence-electron chi connectivity index (χ3n) is 4.62. The number of amides is 1. The number of hydrogen-bond donors (Lipinski definition) is 1. The van der Waals surface area contributed by atoms with E-state index in [9.17, 15) is 9.59 Å². The van der Waals surface area contributed by atoms with Crippen molar-refractivity contribution in [3.05, 3.63) is 93.3 Å². The molecule has 0 fully saturated rings. The van der Waals surface area contributed by atoms with Crippen LogP contribution in [0.5, 0.6) is 0 Å². The van der Waals surface area contributed by atoms with Gasteiger partial charge in [-0.25, -0.2) is 0 Å². The van der Waals surface area contributed by atoms with Crippen LogP contribution in [0.4, 0.5) is 5.69 Å². The molecule has 0 atom stereocenters. The number of rotatable bonds is 5. The Kier molecular flexibility index (Phi) is 5.77. The van der Waals surface area contributed by atoms with Crippen molar-refractivity contribution in [3.63, 3.8) is 0 Å². The van der Waals surface area contributed by atoms with Crippen LogP contribution in [-0.4, -0.2) is 21.2 Å². The second-order valence-corrected chi connectivity index (χ2v) is 7.73. The lowest BCUT2D eigenvalue weighted by Crippen LogP contribution is -2.23. The summed E-state index contributed by atoms with van der Waals surface area (Å²) >= 11 is 18.9. The average Bonchev–Trinajstić information content (AvgIpc) is 3.01. The molecule has 0 aliphatic heterocycles. The van der Waals surface area contributed by atoms with Gasteiger partial charge in [-0.05, 0) is 35.9 Å². The van der Waals surface area contributed by atoms with Gasteiger partial charge in [-0.1, -0.05) is 59.1 Å². The fraction of sp³-hybridized carbons (Fsp3) is 0.0455. The maximum Gasteiger partial charge on any atom is 0.296 e. The topological polar surface area (TPSA) is 64.0 Å². The Labute approximate surface area is 187 Å². The molecular formula is C22H14Cl3N3O2. The summed E-state index contributed by atoms with van der Waals surface area (Å²) in [5.74, 6) is -1.51. The number of benzene rings is 2. The third kappa shape index (κ3) is 3.92. The first-order valence-corrected chi connectivity index (χ1v) is 10.1. The minimum Gasteiger partial charge on any atom is -0.326 e. The molecule has 0 unspecified atom stereocenters. The van der Waals surface area contributed by atoms with E-state index in [1.165, 1.54) is 12.4 Å². The number of anilines is 1. The van der Waals surface area contributed by atoms with Gasteiger partial charge in [-0.15, -0.1) is 0 Å². The van der Waals surface area contributed by atoms with Crippen molar-refractivity contribution in [2.75, 3.05) is 5.32 Å². The number of para-hydroxylation sites is 1. The standard InChI is InChI=1S/C22H14Cl3N3O2/c23-14-6-5-13(17(24)11-14)12-28-18-4-2-1-3-16(18)19(21(28)25)20(29)22(30)27-15-7-9-26-10-8-15/h1-11H,12H2,(H,26,27,30). The molecule has 1 amide bonds. The van der Waals surface area contributed by atoms with Gasteiger partial charge < -0.3 is 9.88 Å². The SMILES string of the molecule is O=C(Nc1ccncc1)C(=O)c1c(Cl)n(Cc2ccc(Cl)cc2Cl)c2ccccc12. The highest BCUT2D eigenvalue weighted by Crippen LogP contribution is 2.33. The Hall–Kier alpha value is -2.86. The van der Waals surface area contributed by atoms with Crippen molar-refractivity contribution in [2.45, 2.75) is 6.54 Å². The number of aromatic nitrogens is 2. The van der Waals surface area contributed by atoms with Gasteiger partial charge in [0.15, 0.2) is 0 Å². The molecule has 0 bridgehead atoms. The number of carbonyl (C=O) groups excluding carboxylic acids is 2. The van der Waals surface area contributed by atoms with Crippen molar-refractivity contribution in [3.8, 4) is 0 Å². The first-order valence-electron chi connectivity index (χ1n) is 8.92. The van der Waals surface area contributed by atoms with Crippen molar-refractivity contribution in [1.29, 1.82) is 0 Å². The number of nitrogens with zero attached hydrogens (tertiary/aromatic N) is 2. The molecule has 2 aromatic heterocycles. The molecular weight excluding hydrogens is 445 g/mol. The van der Waals surface area contributed by atoms with Gasteiger partial charge >= 0.3 is 0 Å². The first kappa shape index (κ1) is 20.4. The third-order valence-corrected chi connectivity index (χ3v) is 5.60. The minimum atomic E-state index is -0.782. The summed E-state index contributed by atoms with van der Waals surface area (Å²) in [4.78, 5) is 29.5. The molecule has 2 heterocycles. The molecule has 5 nitrogen and oxygen atoms in total. The molecule has 0 radical (unpaired) electrons. The number of fused-ring (bicyclic) bond motifs is 1. The molecule has 0 aliphatic rings. The Morgan fingerprint density at radius 1 is 0.967 bits per heavy atom. The molecule has 0 aliphatic carbocycles. The van der Waals surface area contributed by atoms with Crippen LogP contribution >= 0.6 is 34.8 Å². The highest BCUT2D eigenvalue weighted by molar-refractivity contribution is 6.51. The van der Waals surface area contributed by atoms with Gasteiger partial charge in [0.05, 0.1) is 17.6 Å². The summed E-state index contributed by atoms with van der Waals surface area (Å²) in [5.41, 5.74) is 2.11.